The number of fused-ring (bicyclic) bond motifs is 1. The summed E-state index contributed by atoms with van der Waals surface area (Å²) in [5.74, 6) is 0.739. The lowest BCUT2D eigenvalue weighted by Crippen LogP contribution is -2.24. The number of hydrogen-bond donors (Lipinski definition) is 0. The Morgan fingerprint density at radius 2 is 1.69 bits per heavy atom. The fraction of sp³-hybridized carbons (Fsp3) is 0.348. The molecule has 0 atom stereocenters. The second kappa shape index (κ2) is 6.31. The summed E-state index contributed by atoms with van der Waals surface area (Å²) in [5.41, 5.74) is 8.17. The van der Waals surface area contributed by atoms with E-state index in [9.17, 15) is 0 Å². The molecule has 3 nitrogen and oxygen atoms in total. The van der Waals surface area contributed by atoms with Crippen LogP contribution in [0.4, 0.5) is 0 Å². The molecule has 2 aromatic heterocycles. The van der Waals surface area contributed by atoms with E-state index in [2.05, 4.69) is 50.0 Å². The second-order valence-corrected chi connectivity index (χ2v) is 8.14. The number of rotatable bonds is 2. The molecule has 0 saturated carbocycles. The quantitative estimate of drug-likeness (QED) is 0.630. The summed E-state index contributed by atoms with van der Waals surface area (Å²) in [6, 6.07) is 14.5. The van der Waals surface area contributed by atoms with Gasteiger partial charge >= 0.3 is 0 Å². The molecule has 1 aliphatic rings. The minimum Gasteiger partial charge on any atom is -0.250 e. The molecule has 0 spiro atoms. The molecule has 4 rings (SSSR count). The summed E-state index contributed by atoms with van der Waals surface area (Å²) in [5, 5.41) is 0. The normalized spacial score (nSPS) is 15.5. The maximum Gasteiger partial charge on any atom is 0.178 e. The first kappa shape index (κ1) is 16.9. The van der Waals surface area contributed by atoms with Crippen molar-refractivity contribution in [1.82, 2.24) is 15.0 Å². The molecule has 0 fully saturated rings. The standard InChI is InChI=1S/C23H25N3/c1-15-8-5-6-10-17(15)21-18-12-13-23(3,4)14-20(18)25-22(26-21)19-11-7-9-16(2)24-19/h5-11H,12-14H2,1-4H3. The van der Waals surface area contributed by atoms with Crippen molar-refractivity contribution >= 4 is 0 Å². The zero-order chi connectivity index (χ0) is 18.3. The third-order valence-corrected chi connectivity index (χ3v) is 5.31. The largest absolute Gasteiger partial charge is 0.250 e. The maximum absolute atomic E-state index is 5.00. The molecular formula is C23H25N3. The Bertz CT molecular complexity index is 973. The number of benzene rings is 1. The van der Waals surface area contributed by atoms with Gasteiger partial charge in [0.15, 0.2) is 5.82 Å². The van der Waals surface area contributed by atoms with Crippen molar-refractivity contribution < 1.29 is 0 Å². The molecule has 1 aliphatic carbocycles. The van der Waals surface area contributed by atoms with E-state index in [1.165, 1.54) is 28.8 Å². The smallest absolute Gasteiger partial charge is 0.178 e. The SMILES string of the molecule is Cc1cccc(-c2nc3c(c(-c4ccccc4C)n2)CCC(C)(C)C3)n1. The summed E-state index contributed by atoms with van der Waals surface area (Å²) >= 11 is 0. The van der Waals surface area contributed by atoms with Crippen LogP contribution in [0.2, 0.25) is 0 Å². The number of aromatic nitrogens is 3. The maximum atomic E-state index is 5.00. The van der Waals surface area contributed by atoms with E-state index in [0.717, 1.165) is 35.7 Å². The van der Waals surface area contributed by atoms with Crippen LogP contribution in [-0.4, -0.2) is 15.0 Å². The average Bonchev–Trinajstić information content (AvgIpc) is 2.60. The van der Waals surface area contributed by atoms with Crippen LogP contribution in [0.25, 0.3) is 22.8 Å². The van der Waals surface area contributed by atoms with E-state index in [4.69, 9.17) is 9.97 Å². The highest BCUT2D eigenvalue weighted by molar-refractivity contribution is 5.70. The topological polar surface area (TPSA) is 38.7 Å². The van der Waals surface area contributed by atoms with Gasteiger partial charge in [-0.15, -0.1) is 0 Å². The van der Waals surface area contributed by atoms with Gasteiger partial charge in [0.2, 0.25) is 0 Å². The first-order valence-electron chi connectivity index (χ1n) is 9.33. The van der Waals surface area contributed by atoms with Crippen molar-refractivity contribution in [1.29, 1.82) is 0 Å². The molecule has 0 unspecified atom stereocenters. The van der Waals surface area contributed by atoms with Gasteiger partial charge in [0.1, 0.15) is 5.69 Å². The zero-order valence-electron chi connectivity index (χ0n) is 16.0. The van der Waals surface area contributed by atoms with E-state index in [-0.39, 0.29) is 5.41 Å². The van der Waals surface area contributed by atoms with Gasteiger partial charge in [-0.1, -0.05) is 44.2 Å². The zero-order valence-corrected chi connectivity index (χ0v) is 16.0. The molecule has 26 heavy (non-hydrogen) atoms. The lowest BCUT2D eigenvalue weighted by atomic mass is 9.75. The van der Waals surface area contributed by atoms with Crippen LogP contribution in [-0.2, 0) is 12.8 Å². The highest BCUT2D eigenvalue weighted by Crippen LogP contribution is 2.39. The Kier molecular flexibility index (Phi) is 4.10. The molecule has 3 aromatic rings. The Morgan fingerprint density at radius 1 is 0.885 bits per heavy atom. The van der Waals surface area contributed by atoms with Gasteiger partial charge in [0.05, 0.1) is 5.69 Å². The number of hydrogen-bond acceptors (Lipinski definition) is 3. The molecule has 0 N–H and O–H groups in total. The lowest BCUT2D eigenvalue weighted by Gasteiger charge is -2.31. The van der Waals surface area contributed by atoms with Gasteiger partial charge in [-0.3, -0.25) is 0 Å². The summed E-state index contributed by atoms with van der Waals surface area (Å²) in [4.78, 5) is 14.6. The van der Waals surface area contributed by atoms with Crippen LogP contribution >= 0.6 is 0 Å². The summed E-state index contributed by atoms with van der Waals surface area (Å²) in [7, 11) is 0. The number of pyridine rings is 1. The van der Waals surface area contributed by atoms with Gasteiger partial charge in [-0.25, -0.2) is 15.0 Å². The predicted molar refractivity (Wildman–Crippen MR) is 106 cm³/mol. The Labute approximate surface area is 155 Å². The van der Waals surface area contributed by atoms with Crippen LogP contribution < -0.4 is 0 Å². The van der Waals surface area contributed by atoms with E-state index < -0.39 is 0 Å². The highest BCUT2D eigenvalue weighted by Gasteiger charge is 2.29. The second-order valence-electron chi connectivity index (χ2n) is 8.14. The summed E-state index contributed by atoms with van der Waals surface area (Å²) < 4.78 is 0. The van der Waals surface area contributed by atoms with Crippen molar-refractivity contribution in [3.63, 3.8) is 0 Å². The summed E-state index contributed by atoms with van der Waals surface area (Å²) in [6.07, 6.45) is 3.19. The van der Waals surface area contributed by atoms with E-state index >= 15 is 0 Å². The van der Waals surface area contributed by atoms with Crippen molar-refractivity contribution in [2.24, 2.45) is 5.41 Å². The third-order valence-electron chi connectivity index (χ3n) is 5.31. The van der Waals surface area contributed by atoms with Crippen LogP contribution in [0.1, 0.15) is 42.8 Å². The van der Waals surface area contributed by atoms with Crippen LogP contribution in [0.5, 0.6) is 0 Å². The van der Waals surface area contributed by atoms with Crippen LogP contribution in [0.3, 0.4) is 0 Å². The fourth-order valence-corrected chi connectivity index (χ4v) is 3.79. The minimum atomic E-state index is 0.279. The van der Waals surface area contributed by atoms with Gasteiger partial charge in [-0.05, 0) is 56.2 Å². The lowest BCUT2D eigenvalue weighted by molar-refractivity contribution is 0.310. The van der Waals surface area contributed by atoms with Crippen molar-refractivity contribution in [2.75, 3.05) is 0 Å². The van der Waals surface area contributed by atoms with Crippen molar-refractivity contribution in [2.45, 2.75) is 47.0 Å². The van der Waals surface area contributed by atoms with E-state index in [1.807, 2.05) is 25.1 Å². The van der Waals surface area contributed by atoms with Crippen molar-refractivity contribution in [3.05, 3.63) is 65.0 Å². The van der Waals surface area contributed by atoms with Gasteiger partial charge in [-0.2, -0.15) is 0 Å². The number of nitrogens with zero attached hydrogens (tertiary/aromatic N) is 3. The molecule has 132 valence electrons. The molecule has 0 bridgehead atoms. The van der Waals surface area contributed by atoms with Gasteiger partial charge in [0.25, 0.3) is 0 Å². The summed E-state index contributed by atoms with van der Waals surface area (Å²) in [6.45, 7) is 8.82. The molecule has 1 aromatic carbocycles. The Balaban J connectivity index is 1.95. The fourth-order valence-electron chi connectivity index (χ4n) is 3.79. The van der Waals surface area contributed by atoms with Crippen LogP contribution in [0.15, 0.2) is 42.5 Å². The first-order chi connectivity index (χ1) is 12.4. The molecule has 0 saturated heterocycles. The molecular weight excluding hydrogens is 318 g/mol. The molecule has 2 heterocycles. The Morgan fingerprint density at radius 3 is 2.46 bits per heavy atom. The molecule has 3 heteroatoms. The first-order valence-corrected chi connectivity index (χ1v) is 9.33. The Hall–Kier alpha value is -2.55. The molecule has 0 radical (unpaired) electrons. The minimum absolute atomic E-state index is 0.279. The van der Waals surface area contributed by atoms with E-state index in [0.29, 0.717) is 0 Å². The molecule has 0 amide bonds. The average molecular weight is 343 g/mol. The third kappa shape index (κ3) is 3.14. The monoisotopic (exact) mass is 343 g/mol. The predicted octanol–water partition coefficient (Wildman–Crippen LogP) is 5.34. The van der Waals surface area contributed by atoms with Crippen LogP contribution in [0, 0.1) is 19.3 Å². The van der Waals surface area contributed by atoms with Gasteiger partial charge in [0, 0.05) is 22.5 Å². The van der Waals surface area contributed by atoms with Crippen molar-refractivity contribution in [3.8, 4) is 22.8 Å². The highest BCUT2D eigenvalue weighted by atomic mass is 14.9. The number of aryl methyl sites for hydroxylation is 2. The van der Waals surface area contributed by atoms with E-state index in [1.54, 1.807) is 0 Å². The molecule has 0 aliphatic heterocycles. The van der Waals surface area contributed by atoms with Gasteiger partial charge < -0.3 is 0 Å².